The lowest BCUT2D eigenvalue weighted by molar-refractivity contribution is -0.114. The predicted molar refractivity (Wildman–Crippen MR) is 95.8 cm³/mol. The van der Waals surface area contributed by atoms with Crippen molar-refractivity contribution in [1.29, 1.82) is 0 Å². The Labute approximate surface area is 147 Å². The van der Waals surface area contributed by atoms with Crippen LogP contribution < -0.4 is 5.32 Å². The molecule has 5 heteroatoms. The number of nitrogens with one attached hydrogen (secondary N) is 1. The number of ether oxygens (including phenoxy) is 1. The standard InChI is InChI=1S/C20H21NO4/c1-4-15-5-7-16(8-6-15)19(23)13(2)25-20(24)17-9-11-18(12-10-17)21-14(3)22/h5-13H,4H2,1-3H3,(H,21,22). The molecule has 1 amide bonds. The van der Waals surface area contributed by atoms with E-state index in [0.717, 1.165) is 12.0 Å². The van der Waals surface area contributed by atoms with Gasteiger partial charge in [0.15, 0.2) is 6.10 Å². The Balaban J connectivity index is 2.00. The second-order valence-electron chi connectivity index (χ2n) is 5.72. The van der Waals surface area contributed by atoms with Gasteiger partial charge in [-0.2, -0.15) is 0 Å². The summed E-state index contributed by atoms with van der Waals surface area (Å²) in [5, 5.41) is 2.62. The Morgan fingerprint density at radius 3 is 2.04 bits per heavy atom. The monoisotopic (exact) mass is 339 g/mol. The number of benzene rings is 2. The number of hydrogen-bond acceptors (Lipinski definition) is 4. The minimum Gasteiger partial charge on any atom is -0.451 e. The molecule has 2 aromatic carbocycles. The van der Waals surface area contributed by atoms with Crippen LogP contribution >= 0.6 is 0 Å². The summed E-state index contributed by atoms with van der Waals surface area (Å²) in [6, 6.07) is 13.6. The lowest BCUT2D eigenvalue weighted by Crippen LogP contribution is -2.24. The SMILES string of the molecule is CCc1ccc(C(=O)C(C)OC(=O)c2ccc(NC(C)=O)cc2)cc1. The zero-order chi connectivity index (χ0) is 18.4. The van der Waals surface area contributed by atoms with Gasteiger partial charge in [-0.15, -0.1) is 0 Å². The first-order valence-electron chi connectivity index (χ1n) is 8.12. The summed E-state index contributed by atoms with van der Waals surface area (Å²) in [5.41, 5.74) is 2.55. The van der Waals surface area contributed by atoms with E-state index in [0.29, 0.717) is 16.8 Å². The lowest BCUT2D eigenvalue weighted by Gasteiger charge is -2.13. The van der Waals surface area contributed by atoms with E-state index in [4.69, 9.17) is 4.74 Å². The molecule has 1 atom stereocenters. The smallest absolute Gasteiger partial charge is 0.338 e. The highest BCUT2D eigenvalue weighted by molar-refractivity contribution is 6.01. The molecule has 1 unspecified atom stereocenters. The van der Waals surface area contributed by atoms with Crippen LogP contribution in [0.15, 0.2) is 48.5 Å². The molecule has 1 N–H and O–H groups in total. The second kappa shape index (κ2) is 8.24. The van der Waals surface area contributed by atoms with Crippen LogP contribution in [0.5, 0.6) is 0 Å². The first-order chi connectivity index (χ1) is 11.9. The largest absolute Gasteiger partial charge is 0.451 e. The highest BCUT2D eigenvalue weighted by Crippen LogP contribution is 2.14. The van der Waals surface area contributed by atoms with Crippen LogP contribution in [0, 0.1) is 0 Å². The van der Waals surface area contributed by atoms with Gasteiger partial charge in [0.2, 0.25) is 11.7 Å². The number of ketones is 1. The van der Waals surface area contributed by atoms with Gasteiger partial charge in [0, 0.05) is 18.2 Å². The number of aryl methyl sites for hydroxylation is 1. The molecule has 2 aromatic rings. The number of Topliss-reactive ketones (excluding diaryl/α,β-unsaturated/α-hetero) is 1. The number of carbonyl (C=O) groups excluding carboxylic acids is 3. The molecule has 0 aliphatic heterocycles. The number of amides is 1. The van der Waals surface area contributed by atoms with Crippen LogP contribution in [-0.2, 0) is 16.0 Å². The third-order valence-electron chi connectivity index (χ3n) is 3.74. The Morgan fingerprint density at radius 1 is 0.960 bits per heavy atom. The molecule has 0 fully saturated rings. The van der Waals surface area contributed by atoms with Gasteiger partial charge in [0.25, 0.3) is 0 Å². The summed E-state index contributed by atoms with van der Waals surface area (Å²) in [7, 11) is 0. The van der Waals surface area contributed by atoms with Crippen molar-refractivity contribution in [3.05, 3.63) is 65.2 Å². The van der Waals surface area contributed by atoms with Gasteiger partial charge in [0.1, 0.15) is 0 Å². The lowest BCUT2D eigenvalue weighted by atomic mass is 10.0. The van der Waals surface area contributed by atoms with Crippen LogP contribution in [0.1, 0.15) is 47.1 Å². The van der Waals surface area contributed by atoms with Crippen molar-refractivity contribution >= 4 is 23.3 Å². The average Bonchev–Trinajstić information content (AvgIpc) is 2.61. The summed E-state index contributed by atoms with van der Waals surface area (Å²) >= 11 is 0. The summed E-state index contributed by atoms with van der Waals surface area (Å²) in [6.07, 6.45) is 0.0167. The van der Waals surface area contributed by atoms with Crippen LogP contribution in [0.4, 0.5) is 5.69 Å². The quantitative estimate of drug-likeness (QED) is 0.644. The van der Waals surface area contributed by atoms with Crippen molar-refractivity contribution in [2.75, 3.05) is 5.32 Å². The number of anilines is 1. The highest BCUT2D eigenvalue weighted by Gasteiger charge is 2.20. The van der Waals surface area contributed by atoms with Gasteiger partial charge in [-0.25, -0.2) is 4.79 Å². The summed E-state index contributed by atoms with van der Waals surface area (Å²) in [5.74, 6) is -1.02. The third kappa shape index (κ3) is 5.01. The van der Waals surface area contributed by atoms with Crippen molar-refractivity contribution in [1.82, 2.24) is 0 Å². The molecular weight excluding hydrogens is 318 g/mol. The van der Waals surface area contributed by atoms with E-state index in [1.165, 1.54) is 6.92 Å². The number of esters is 1. The molecule has 0 aliphatic carbocycles. The highest BCUT2D eigenvalue weighted by atomic mass is 16.5. The molecule has 0 aliphatic rings. The fourth-order valence-corrected chi connectivity index (χ4v) is 2.31. The van der Waals surface area contributed by atoms with Crippen LogP contribution in [0.3, 0.4) is 0 Å². The summed E-state index contributed by atoms with van der Waals surface area (Å²) in [4.78, 5) is 35.5. The average molecular weight is 339 g/mol. The number of hydrogen-bond donors (Lipinski definition) is 1. The maximum atomic E-state index is 12.4. The van der Waals surface area contributed by atoms with Gasteiger partial charge in [0.05, 0.1) is 5.56 Å². The molecule has 130 valence electrons. The van der Waals surface area contributed by atoms with E-state index in [1.807, 2.05) is 19.1 Å². The van der Waals surface area contributed by atoms with E-state index in [9.17, 15) is 14.4 Å². The molecule has 0 bridgehead atoms. The maximum absolute atomic E-state index is 12.4. The van der Waals surface area contributed by atoms with E-state index in [2.05, 4.69) is 5.32 Å². The minimum atomic E-state index is -0.880. The van der Waals surface area contributed by atoms with Crippen molar-refractivity contribution < 1.29 is 19.1 Å². The Kier molecular flexibility index (Phi) is 6.06. The van der Waals surface area contributed by atoms with Crippen molar-refractivity contribution in [3.63, 3.8) is 0 Å². The molecular formula is C20H21NO4. The van der Waals surface area contributed by atoms with Gasteiger partial charge in [-0.1, -0.05) is 31.2 Å². The molecule has 0 radical (unpaired) electrons. The Morgan fingerprint density at radius 2 is 1.52 bits per heavy atom. The van der Waals surface area contributed by atoms with E-state index in [-0.39, 0.29) is 11.7 Å². The normalized spacial score (nSPS) is 11.5. The molecule has 25 heavy (non-hydrogen) atoms. The van der Waals surface area contributed by atoms with E-state index in [1.54, 1.807) is 43.3 Å². The van der Waals surface area contributed by atoms with Crippen molar-refractivity contribution in [3.8, 4) is 0 Å². The van der Waals surface area contributed by atoms with E-state index < -0.39 is 12.1 Å². The van der Waals surface area contributed by atoms with Gasteiger partial charge in [-0.3, -0.25) is 9.59 Å². The van der Waals surface area contributed by atoms with Gasteiger partial charge >= 0.3 is 5.97 Å². The molecule has 0 heterocycles. The summed E-state index contributed by atoms with van der Waals surface area (Å²) < 4.78 is 5.25. The Bertz CT molecular complexity index is 763. The number of carbonyl (C=O) groups is 3. The zero-order valence-electron chi connectivity index (χ0n) is 14.5. The molecule has 0 saturated heterocycles. The van der Waals surface area contributed by atoms with Gasteiger partial charge < -0.3 is 10.1 Å². The molecule has 0 saturated carbocycles. The molecule has 2 rings (SSSR count). The van der Waals surface area contributed by atoms with Crippen LogP contribution in [0.2, 0.25) is 0 Å². The van der Waals surface area contributed by atoms with Crippen molar-refractivity contribution in [2.24, 2.45) is 0 Å². The topological polar surface area (TPSA) is 72.5 Å². The maximum Gasteiger partial charge on any atom is 0.338 e. The predicted octanol–water partition coefficient (Wildman–Crippen LogP) is 3.64. The van der Waals surface area contributed by atoms with Crippen LogP contribution in [-0.4, -0.2) is 23.8 Å². The fraction of sp³-hybridized carbons (Fsp3) is 0.250. The second-order valence-corrected chi connectivity index (χ2v) is 5.72. The zero-order valence-corrected chi connectivity index (χ0v) is 14.5. The summed E-state index contributed by atoms with van der Waals surface area (Å²) in [6.45, 7) is 5.00. The third-order valence-corrected chi connectivity index (χ3v) is 3.74. The van der Waals surface area contributed by atoms with Gasteiger partial charge in [-0.05, 0) is 43.2 Å². The Hall–Kier alpha value is -2.95. The van der Waals surface area contributed by atoms with Crippen LogP contribution in [0.25, 0.3) is 0 Å². The molecule has 0 aromatic heterocycles. The molecule has 0 spiro atoms. The minimum absolute atomic E-state index is 0.191. The molecule has 5 nitrogen and oxygen atoms in total. The fourth-order valence-electron chi connectivity index (χ4n) is 2.31. The first kappa shape index (κ1) is 18.4. The van der Waals surface area contributed by atoms with Crippen molar-refractivity contribution in [2.45, 2.75) is 33.3 Å². The van der Waals surface area contributed by atoms with E-state index >= 15 is 0 Å². The first-order valence-corrected chi connectivity index (χ1v) is 8.12. The number of rotatable bonds is 6.